The van der Waals surface area contributed by atoms with E-state index < -0.39 is 0 Å². The van der Waals surface area contributed by atoms with Gasteiger partial charge >= 0.3 is 0 Å². The second-order valence-electron chi connectivity index (χ2n) is 5.79. The van der Waals surface area contributed by atoms with Crippen LogP contribution in [0.1, 0.15) is 24.8 Å². The molecule has 22 heavy (non-hydrogen) atoms. The maximum atomic E-state index is 2.33. The minimum absolute atomic E-state index is 0.552. The molecule has 2 aromatic carbocycles. The van der Waals surface area contributed by atoms with E-state index in [0.29, 0.717) is 5.92 Å². The molecule has 1 nitrogen and oxygen atoms in total. The fraction of sp³-hybridized carbons (Fsp3) is 0.190. The SMILES string of the molecule is CC(CC[n+]1ccccc1)c1cccc(-c2ccccc2)c1. The van der Waals surface area contributed by atoms with Crippen molar-refractivity contribution in [2.45, 2.75) is 25.8 Å². The summed E-state index contributed by atoms with van der Waals surface area (Å²) in [6.45, 7) is 3.37. The summed E-state index contributed by atoms with van der Waals surface area (Å²) < 4.78 is 2.25. The second kappa shape index (κ2) is 7.04. The first kappa shape index (κ1) is 14.5. The smallest absolute Gasteiger partial charge is 0.168 e. The Morgan fingerprint density at radius 1 is 0.773 bits per heavy atom. The number of nitrogens with zero attached hydrogens (tertiary/aromatic N) is 1. The van der Waals surface area contributed by atoms with Gasteiger partial charge in [0.1, 0.15) is 6.54 Å². The van der Waals surface area contributed by atoms with Gasteiger partial charge in [-0.25, -0.2) is 4.57 Å². The lowest BCUT2D eigenvalue weighted by atomic mass is 9.94. The Balaban J connectivity index is 1.72. The largest absolute Gasteiger partial charge is 0.205 e. The third kappa shape index (κ3) is 3.62. The van der Waals surface area contributed by atoms with E-state index in [1.807, 2.05) is 0 Å². The Kier molecular flexibility index (Phi) is 4.65. The molecule has 0 saturated heterocycles. The van der Waals surface area contributed by atoms with Crippen LogP contribution in [0, 0.1) is 0 Å². The van der Waals surface area contributed by atoms with Crippen molar-refractivity contribution in [2.24, 2.45) is 0 Å². The molecule has 1 aromatic heterocycles. The van der Waals surface area contributed by atoms with Crippen LogP contribution in [0.15, 0.2) is 85.2 Å². The summed E-state index contributed by atoms with van der Waals surface area (Å²) in [7, 11) is 0. The molecule has 0 aliphatic heterocycles. The number of rotatable bonds is 5. The third-order valence-electron chi connectivity index (χ3n) is 4.16. The van der Waals surface area contributed by atoms with Gasteiger partial charge in [-0.15, -0.1) is 0 Å². The predicted octanol–water partition coefficient (Wildman–Crippen LogP) is 4.83. The van der Waals surface area contributed by atoms with Gasteiger partial charge in [0.15, 0.2) is 12.4 Å². The van der Waals surface area contributed by atoms with Gasteiger partial charge < -0.3 is 0 Å². The van der Waals surface area contributed by atoms with Gasteiger partial charge in [0.05, 0.1) is 0 Å². The van der Waals surface area contributed by atoms with E-state index in [1.54, 1.807) is 0 Å². The molecule has 0 amide bonds. The summed E-state index contributed by atoms with van der Waals surface area (Å²) in [5, 5.41) is 0. The summed E-state index contributed by atoms with van der Waals surface area (Å²) in [5.41, 5.74) is 4.00. The molecule has 0 spiro atoms. The molecule has 3 rings (SSSR count). The average Bonchev–Trinajstić information content (AvgIpc) is 2.61. The lowest BCUT2D eigenvalue weighted by Gasteiger charge is -2.12. The molecular formula is C21H22N+. The van der Waals surface area contributed by atoms with E-state index in [4.69, 9.17) is 0 Å². The quantitative estimate of drug-likeness (QED) is 0.592. The topological polar surface area (TPSA) is 3.88 Å². The Morgan fingerprint density at radius 2 is 1.45 bits per heavy atom. The summed E-state index contributed by atoms with van der Waals surface area (Å²) in [5.74, 6) is 0.552. The summed E-state index contributed by atoms with van der Waals surface area (Å²) in [4.78, 5) is 0. The first-order chi connectivity index (χ1) is 10.8. The minimum atomic E-state index is 0.552. The normalized spacial score (nSPS) is 12.0. The number of benzene rings is 2. The van der Waals surface area contributed by atoms with Crippen LogP contribution >= 0.6 is 0 Å². The van der Waals surface area contributed by atoms with Crippen LogP contribution in [0.2, 0.25) is 0 Å². The molecule has 0 fully saturated rings. The van der Waals surface area contributed by atoms with Gasteiger partial charge in [0.25, 0.3) is 0 Å². The van der Waals surface area contributed by atoms with Crippen molar-refractivity contribution in [3.05, 3.63) is 90.8 Å². The molecule has 0 saturated carbocycles. The fourth-order valence-corrected chi connectivity index (χ4v) is 2.75. The maximum Gasteiger partial charge on any atom is 0.168 e. The second-order valence-corrected chi connectivity index (χ2v) is 5.79. The van der Waals surface area contributed by atoms with E-state index in [9.17, 15) is 0 Å². The average molecular weight is 288 g/mol. The molecule has 1 heterocycles. The molecule has 0 aliphatic carbocycles. The highest BCUT2D eigenvalue weighted by Gasteiger charge is 2.09. The van der Waals surface area contributed by atoms with E-state index in [-0.39, 0.29) is 0 Å². The van der Waals surface area contributed by atoms with E-state index in [2.05, 4.69) is 96.7 Å². The van der Waals surface area contributed by atoms with Crippen LogP contribution < -0.4 is 4.57 Å². The van der Waals surface area contributed by atoms with Crippen molar-refractivity contribution in [2.75, 3.05) is 0 Å². The number of hydrogen-bond acceptors (Lipinski definition) is 0. The molecule has 0 aliphatic rings. The zero-order valence-corrected chi connectivity index (χ0v) is 13.0. The number of aryl methyl sites for hydroxylation is 1. The number of aromatic nitrogens is 1. The van der Waals surface area contributed by atoms with Gasteiger partial charge in [0, 0.05) is 18.6 Å². The van der Waals surface area contributed by atoms with Crippen molar-refractivity contribution in [3.63, 3.8) is 0 Å². The van der Waals surface area contributed by atoms with Gasteiger partial charge in [-0.3, -0.25) is 0 Å². The van der Waals surface area contributed by atoms with Crippen molar-refractivity contribution in [3.8, 4) is 11.1 Å². The van der Waals surface area contributed by atoms with Crippen molar-refractivity contribution in [1.29, 1.82) is 0 Å². The van der Waals surface area contributed by atoms with Crippen LogP contribution in [0.3, 0.4) is 0 Å². The lowest BCUT2D eigenvalue weighted by molar-refractivity contribution is -0.697. The molecule has 1 atom stereocenters. The van der Waals surface area contributed by atoms with Crippen molar-refractivity contribution < 1.29 is 4.57 Å². The van der Waals surface area contributed by atoms with E-state index in [1.165, 1.54) is 16.7 Å². The van der Waals surface area contributed by atoms with Gasteiger partial charge in [-0.1, -0.05) is 67.6 Å². The predicted molar refractivity (Wildman–Crippen MR) is 91.5 cm³/mol. The molecule has 1 heteroatoms. The van der Waals surface area contributed by atoms with Gasteiger partial charge in [-0.2, -0.15) is 0 Å². The van der Waals surface area contributed by atoms with Crippen LogP contribution in [-0.2, 0) is 6.54 Å². The Labute approximate surface area is 132 Å². The fourth-order valence-electron chi connectivity index (χ4n) is 2.75. The molecule has 110 valence electrons. The zero-order valence-electron chi connectivity index (χ0n) is 13.0. The van der Waals surface area contributed by atoms with Crippen LogP contribution in [0.5, 0.6) is 0 Å². The number of pyridine rings is 1. The lowest BCUT2D eigenvalue weighted by Crippen LogP contribution is -2.32. The van der Waals surface area contributed by atoms with Crippen LogP contribution in [-0.4, -0.2) is 0 Å². The molecule has 0 N–H and O–H groups in total. The van der Waals surface area contributed by atoms with Crippen LogP contribution in [0.25, 0.3) is 11.1 Å². The van der Waals surface area contributed by atoms with Gasteiger partial charge in [0.2, 0.25) is 0 Å². The highest BCUT2D eigenvalue weighted by molar-refractivity contribution is 5.64. The maximum absolute atomic E-state index is 2.33. The highest BCUT2D eigenvalue weighted by Crippen LogP contribution is 2.25. The number of hydrogen-bond donors (Lipinski definition) is 0. The zero-order chi connectivity index (χ0) is 15.2. The monoisotopic (exact) mass is 288 g/mol. The molecule has 1 unspecified atom stereocenters. The van der Waals surface area contributed by atoms with E-state index in [0.717, 1.165) is 13.0 Å². The Hall–Kier alpha value is -2.41. The van der Waals surface area contributed by atoms with Crippen molar-refractivity contribution >= 4 is 0 Å². The summed E-state index contributed by atoms with van der Waals surface area (Å²) in [6.07, 6.45) is 5.41. The first-order valence-corrected chi connectivity index (χ1v) is 7.92. The Bertz CT molecular complexity index is 704. The molecule has 0 radical (unpaired) electrons. The van der Waals surface area contributed by atoms with E-state index >= 15 is 0 Å². The van der Waals surface area contributed by atoms with Gasteiger partial charge in [-0.05, 0) is 22.6 Å². The van der Waals surface area contributed by atoms with Crippen molar-refractivity contribution in [1.82, 2.24) is 0 Å². The van der Waals surface area contributed by atoms with Crippen LogP contribution in [0.4, 0.5) is 0 Å². The molecule has 3 aromatic rings. The Morgan fingerprint density at radius 3 is 2.23 bits per heavy atom. The standard InChI is InChI=1S/C21H22N/c1-18(13-16-22-14-6-3-7-15-22)20-11-8-12-21(17-20)19-9-4-2-5-10-19/h2-12,14-15,17-18H,13,16H2,1H3/q+1. The summed E-state index contributed by atoms with van der Waals surface area (Å²) >= 11 is 0. The highest BCUT2D eigenvalue weighted by atomic mass is 14.9. The summed E-state index contributed by atoms with van der Waals surface area (Å²) in [6, 6.07) is 25.8. The molecule has 0 bridgehead atoms. The minimum Gasteiger partial charge on any atom is -0.205 e. The third-order valence-corrected chi connectivity index (χ3v) is 4.16. The molecular weight excluding hydrogens is 266 g/mol. The first-order valence-electron chi connectivity index (χ1n) is 7.92.